The van der Waals surface area contributed by atoms with Crippen LogP contribution in [0.25, 0.3) is 10.4 Å². The van der Waals surface area contributed by atoms with Crippen LogP contribution in [0.1, 0.15) is 6.42 Å². The number of amides is 1. The molecule has 0 unspecified atom stereocenters. The Kier molecular flexibility index (Phi) is 12.0. The number of nitrogens with one attached hydrogen (secondary N) is 2. The minimum Gasteiger partial charge on any atom is -0.481 e. The molecule has 0 heterocycles. The van der Waals surface area contributed by atoms with Crippen molar-refractivity contribution >= 4 is 11.9 Å². The number of carboxylic acids is 1. The van der Waals surface area contributed by atoms with Gasteiger partial charge in [-0.25, -0.2) is 0 Å². The molecule has 10 heteroatoms. The van der Waals surface area contributed by atoms with Gasteiger partial charge in [-0.05, 0) is 12.6 Å². The predicted molar refractivity (Wildman–Crippen MR) is 73.8 cm³/mol. The van der Waals surface area contributed by atoms with Crippen LogP contribution >= 0.6 is 0 Å². The molecule has 0 aliphatic carbocycles. The maximum atomic E-state index is 11.6. The van der Waals surface area contributed by atoms with E-state index in [2.05, 4.69) is 20.7 Å². The van der Waals surface area contributed by atoms with Crippen LogP contribution in [0.3, 0.4) is 0 Å². The van der Waals surface area contributed by atoms with Crippen molar-refractivity contribution in [3.05, 3.63) is 10.4 Å². The number of ether oxygens (including phenoxy) is 2. The molecule has 0 saturated heterocycles. The van der Waals surface area contributed by atoms with Crippen LogP contribution in [-0.2, 0) is 19.1 Å². The minimum absolute atomic E-state index is 0.276. The highest BCUT2D eigenvalue weighted by Gasteiger charge is 2.18. The topological polar surface area (TPSA) is 146 Å². The van der Waals surface area contributed by atoms with Gasteiger partial charge >= 0.3 is 5.97 Å². The third-order valence-electron chi connectivity index (χ3n) is 2.36. The summed E-state index contributed by atoms with van der Waals surface area (Å²) in [6.07, 6.45) is -0.276. The first-order valence-electron chi connectivity index (χ1n) is 6.45. The summed E-state index contributed by atoms with van der Waals surface area (Å²) in [6.45, 7) is 1.93. The Labute approximate surface area is 122 Å². The van der Waals surface area contributed by atoms with Gasteiger partial charge in [-0.3, -0.25) is 9.59 Å². The van der Waals surface area contributed by atoms with E-state index < -0.39 is 12.0 Å². The third kappa shape index (κ3) is 11.6. The van der Waals surface area contributed by atoms with E-state index in [-0.39, 0.29) is 25.4 Å². The van der Waals surface area contributed by atoms with E-state index in [0.717, 1.165) is 0 Å². The van der Waals surface area contributed by atoms with Crippen LogP contribution in [0, 0.1) is 0 Å². The Morgan fingerprint density at radius 3 is 2.52 bits per heavy atom. The number of hydrogen-bond acceptors (Lipinski definition) is 6. The molecule has 10 nitrogen and oxygen atoms in total. The number of hydrogen-bond donors (Lipinski definition) is 3. The van der Waals surface area contributed by atoms with Crippen molar-refractivity contribution in [1.29, 1.82) is 0 Å². The van der Waals surface area contributed by atoms with Crippen LogP contribution in [0.5, 0.6) is 0 Å². The molecule has 1 amide bonds. The zero-order valence-electron chi connectivity index (χ0n) is 11.9. The van der Waals surface area contributed by atoms with E-state index in [1.54, 1.807) is 0 Å². The average Bonchev–Trinajstić information content (AvgIpc) is 2.46. The Balaban J connectivity index is 3.50. The van der Waals surface area contributed by atoms with E-state index in [9.17, 15) is 9.59 Å². The molecule has 0 aliphatic rings. The van der Waals surface area contributed by atoms with Gasteiger partial charge in [-0.2, -0.15) is 0 Å². The third-order valence-corrected chi connectivity index (χ3v) is 2.36. The number of likely N-dealkylation sites (N-methyl/N-ethyl adjacent to an activating group) is 1. The van der Waals surface area contributed by atoms with Crippen LogP contribution in [0.2, 0.25) is 0 Å². The largest absolute Gasteiger partial charge is 0.481 e. The van der Waals surface area contributed by atoms with Crippen molar-refractivity contribution in [3.8, 4) is 0 Å². The second-order valence-electron chi connectivity index (χ2n) is 3.91. The lowest BCUT2D eigenvalue weighted by Gasteiger charge is -2.14. The molecule has 0 bridgehead atoms. The normalized spacial score (nSPS) is 11.5. The first kappa shape index (κ1) is 19.1. The van der Waals surface area contributed by atoms with E-state index in [1.165, 1.54) is 7.05 Å². The summed E-state index contributed by atoms with van der Waals surface area (Å²) < 4.78 is 10.3. The number of carbonyl (C=O) groups is 2. The molecule has 0 saturated carbocycles. The number of rotatable bonds is 13. The van der Waals surface area contributed by atoms with Crippen molar-refractivity contribution in [1.82, 2.24) is 10.6 Å². The number of aliphatic carboxylic acids is 1. The molecule has 0 spiro atoms. The molecular weight excluding hydrogens is 282 g/mol. The van der Waals surface area contributed by atoms with Crippen LogP contribution in [0.4, 0.5) is 0 Å². The molecule has 0 aliphatic heterocycles. The number of carboxylic acid groups (broad SMARTS) is 1. The SMILES string of the molecule is CN[C@@H](CC(=O)O)C(=O)NCCOCCOCCN=[N+]=[N-]. The van der Waals surface area contributed by atoms with Crippen LogP contribution in [-0.4, -0.2) is 69.6 Å². The van der Waals surface area contributed by atoms with Gasteiger partial charge in [-0.1, -0.05) is 5.11 Å². The lowest BCUT2D eigenvalue weighted by Crippen LogP contribution is -2.44. The summed E-state index contributed by atoms with van der Waals surface area (Å²) in [5.41, 5.74) is 8.02. The molecule has 21 heavy (non-hydrogen) atoms. The first-order chi connectivity index (χ1) is 10.1. The summed E-state index contributed by atoms with van der Waals surface area (Å²) in [5.74, 6) is -1.42. The Morgan fingerprint density at radius 1 is 1.29 bits per heavy atom. The van der Waals surface area contributed by atoms with Gasteiger partial charge in [0, 0.05) is 18.0 Å². The molecule has 0 fully saturated rings. The van der Waals surface area contributed by atoms with Gasteiger partial charge in [0.2, 0.25) is 5.91 Å². The fourth-order valence-corrected chi connectivity index (χ4v) is 1.34. The summed E-state index contributed by atoms with van der Waals surface area (Å²) in [4.78, 5) is 24.7. The Bertz CT molecular complexity index is 359. The molecule has 0 aromatic carbocycles. The number of carbonyl (C=O) groups excluding carboxylic acids is 1. The van der Waals surface area contributed by atoms with Gasteiger partial charge in [0.1, 0.15) is 0 Å². The lowest BCUT2D eigenvalue weighted by molar-refractivity contribution is -0.139. The standard InChI is InChI=1S/C11H21N5O5/c1-13-9(8-10(17)18)11(19)14-2-4-20-6-7-21-5-3-15-16-12/h9,13H,2-8H2,1H3,(H,14,19)(H,17,18)/t9-/m0/s1. The van der Waals surface area contributed by atoms with Crippen molar-refractivity contribution in [2.75, 3.05) is 46.6 Å². The predicted octanol–water partition coefficient (Wildman–Crippen LogP) is -0.491. The summed E-state index contributed by atoms with van der Waals surface area (Å²) >= 11 is 0. The zero-order valence-corrected chi connectivity index (χ0v) is 11.9. The second kappa shape index (κ2) is 13.1. The van der Waals surface area contributed by atoms with E-state index in [1.807, 2.05) is 0 Å². The maximum absolute atomic E-state index is 11.6. The van der Waals surface area contributed by atoms with Crippen molar-refractivity contribution in [2.45, 2.75) is 12.5 Å². The molecule has 120 valence electrons. The first-order valence-corrected chi connectivity index (χ1v) is 6.45. The van der Waals surface area contributed by atoms with Crippen molar-refractivity contribution in [2.24, 2.45) is 5.11 Å². The quantitative estimate of drug-likeness (QED) is 0.181. The van der Waals surface area contributed by atoms with E-state index >= 15 is 0 Å². The lowest BCUT2D eigenvalue weighted by atomic mass is 10.2. The number of azide groups is 1. The molecule has 0 rings (SSSR count). The van der Waals surface area contributed by atoms with E-state index in [0.29, 0.717) is 26.4 Å². The van der Waals surface area contributed by atoms with Gasteiger partial charge in [0.05, 0.1) is 38.9 Å². The van der Waals surface area contributed by atoms with Crippen LogP contribution < -0.4 is 10.6 Å². The second-order valence-corrected chi connectivity index (χ2v) is 3.91. The summed E-state index contributed by atoms with van der Waals surface area (Å²) in [6, 6.07) is -0.758. The van der Waals surface area contributed by atoms with E-state index in [4.69, 9.17) is 20.1 Å². The number of nitrogens with zero attached hydrogens (tertiary/aromatic N) is 3. The van der Waals surface area contributed by atoms with Crippen molar-refractivity contribution < 1.29 is 24.2 Å². The minimum atomic E-state index is -1.04. The average molecular weight is 303 g/mol. The van der Waals surface area contributed by atoms with Crippen molar-refractivity contribution in [3.63, 3.8) is 0 Å². The fourth-order valence-electron chi connectivity index (χ4n) is 1.34. The van der Waals surface area contributed by atoms with Gasteiger partial charge < -0.3 is 25.2 Å². The monoisotopic (exact) mass is 303 g/mol. The highest BCUT2D eigenvalue weighted by atomic mass is 16.5. The summed E-state index contributed by atoms with van der Waals surface area (Å²) in [7, 11) is 1.53. The molecule has 0 radical (unpaired) electrons. The Morgan fingerprint density at radius 2 is 1.95 bits per heavy atom. The molecule has 0 aromatic heterocycles. The fraction of sp³-hybridized carbons (Fsp3) is 0.818. The van der Waals surface area contributed by atoms with Gasteiger partial charge in [0.15, 0.2) is 0 Å². The molecule has 3 N–H and O–H groups in total. The van der Waals surface area contributed by atoms with Gasteiger partial charge in [-0.15, -0.1) is 0 Å². The highest BCUT2D eigenvalue weighted by molar-refractivity contribution is 5.86. The molecular formula is C11H21N5O5. The highest BCUT2D eigenvalue weighted by Crippen LogP contribution is 1.91. The summed E-state index contributed by atoms with van der Waals surface area (Å²) in [5, 5.41) is 17.1. The van der Waals surface area contributed by atoms with Gasteiger partial charge in [0.25, 0.3) is 0 Å². The molecule has 0 aromatic rings. The smallest absolute Gasteiger partial charge is 0.305 e. The Hall–Kier alpha value is -1.87. The van der Waals surface area contributed by atoms with Crippen LogP contribution in [0.15, 0.2) is 5.11 Å². The maximum Gasteiger partial charge on any atom is 0.305 e. The zero-order chi connectivity index (χ0) is 15.9. The molecule has 1 atom stereocenters.